The normalized spacial score (nSPS) is 17.9. The maximum atomic E-state index is 12.5. The number of benzene rings is 2. The van der Waals surface area contributed by atoms with Gasteiger partial charge in [-0.1, -0.05) is 19.1 Å². The van der Waals surface area contributed by atoms with Gasteiger partial charge in [0.15, 0.2) is 0 Å². The highest BCUT2D eigenvalue weighted by molar-refractivity contribution is 5.97. The quantitative estimate of drug-likeness (QED) is 0.582. The molecule has 0 fully saturated rings. The van der Waals surface area contributed by atoms with Crippen LogP contribution in [0.15, 0.2) is 41.5 Å². The number of hydrazone groups is 1. The number of ether oxygens (including phenoxy) is 1. The lowest BCUT2D eigenvalue weighted by Gasteiger charge is -2.47. The summed E-state index contributed by atoms with van der Waals surface area (Å²) in [5.74, 6) is 0.730. The van der Waals surface area contributed by atoms with Crippen molar-refractivity contribution >= 4 is 17.8 Å². The van der Waals surface area contributed by atoms with Crippen molar-refractivity contribution in [1.29, 1.82) is 0 Å². The summed E-state index contributed by atoms with van der Waals surface area (Å²) in [4.78, 5) is 14.9. The summed E-state index contributed by atoms with van der Waals surface area (Å²) in [7, 11) is 1.56. The summed E-state index contributed by atoms with van der Waals surface area (Å²) in [6.07, 6.45) is 2.81. The van der Waals surface area contributed by atoms with Gasteiger partial charge in [0.2, 0.25) is 0 Å². The second kappa shape index (κ2) is 8.27. The molecule has 5 heteroatoms. The Bertz CT molecular complexity index is 934. The van der Waals surface area contributed by atoms with Crippen molar-refractivity contribution in [2.45, 2.75) is 52.5 Å². The van der Waals surface area contributed by atoms with Crippen molar-refractivity contribution in [2.24, 2.45) is 5.10 Å². The number of nitrogens with zero attached hydrogens (tertiary/aromatic N) is 2. The van der Waals surface area contributed by atoms with Gasteiger partial charge < -0.3 is 9.64 Å². The first-order chi connectivity index (χ1) is 13.8. The number of anilines is 1. The van der Waals surface area contributed by atoms with E-state index in [1.807, 2.05) is 19.1 Å². The largest absolute Gasteiger partial charge is 0.496 e. The van der Waals surface area contributed by atoms with E-state index in [0.717, 1.165) is 24.1 Å². The van der Waals surface area contributed by atoms with Gasteiger partial charge in [0, 0.05) is 17.8 Å². The lowest BCUT2D eigenvalue weighted by Crippen LogP contribution is -2.48. The number of amides is 1. The molecule has 1 atom stereocenters. The minimum atomic E-state index is -0.289. The second-order valence-corrected chi connectivity index (χ2v) is 8.38. The van der Waals surface area contributed by atoms with E-state index < -0.39 is 0 Å². The molecule has 0 aliphatic carbocycles. The summed E-state index contributed by atoms with van der Waals surface area (Å²) < 4.78 is 5.31. The molecule has 1 N–H and O–H groups in total. The van der Waals surface area contributed by atoms with Crippen LogP contribution in [-0.4, -0.2) is 31.3 Å². The third-order valence-electron chi connectivity index (χ3n) is 5.71. The van der Waals surface area contributed by atoms with Gasteiger partial charge in [0.1, 0.15) is 5.75 Å². The molecule has 29 heavy (non-hydrogen) atoms. The van der Waals surface area contributed by atoms with Crippen LogP contribution in [0.25, 0.3) is 0 Å². The Morgan fingerprint density at radius 1 is 1.31 bits per heavy atom. The van der Waals surface area contributed by atoms with Gasteiger partial charge >= 0.3 is 0 Å². The molecule has 1 amide bonds. The van der Waals surface area contributed by atoms with E-state index in [1.54, 1.807) is 19.4 Å². The maximum absolute atomic E-state index is 12.5. The van der Waals surface area contributed by atoms with Crippen LogP contribution in [0.4, 0.5) is 5.69 Å². The zero-order valence-corrected chi connectivity index (χ0v) is 18.2. The number of carbonyl (C=O) groups excluding carboxylic acids is 1. The fraction of sp³-hybridized carbons (Fsp3) is 0.417. The van der Waals surface area contributed by atoms with Crippen molar-refractivity contribution in [3.8, 4) is 5.75 Å². The smallest absolute Gasteiger partial charge is 0.275 e. The van der Waals surface area contributed by atoms with Gasteiger partial charge in [-0.25, -0.2) is 5.43 Å². The summed E-state index contributed by atoms with van der Waals surface area (Å²) in [6.45, 7) is 12.0. The molecular formula is C24H31N3O2. The van der Waals surface area contributed by atoms with E-state index in [1.165, 1.54) is 11.3 Å². The van der Waals surface area contributed by atoms with E-state index >= 15 is 0 Å². The van der Waals surface area contributed by atoms with Crippen molar-refractivity contribution in [3.05, 3.63) is 58.7 Å². The number of aryl methyl sites for hydroxylation is 1. The first-order valence-electron chi connectivity index (χ1n) is 10.2. The molecule has 1 aliphatic rings. The fourth-order valence-electron chi connectivity index (χ4n) is 4.40. The Hall–Kier alpha value is -2.82. The van der Waals surface area contributed by atoms with Crippen LogP contribution < -0.4 is 15.1 Å². The third-order valence-corrected chi connectivity index (χ3v) is 5.71. The Kier molecular flexibility index (Phi) is 5.96. The summed E-state index contributed by atoms with van der Waals surface area (Å²) >= 11 is 0. The highest BCUT2D eigenvalue weighted by Crippen LogP contribution is 2.43. The number of rotatable bonds is 5. The van der Waals surface area contributed by atoms with Crippen LogP contribution in [0, 0.1) is 6.92 Å². The molecule has 0 saturated carbocycles. The number of carbonyl (C=O) groups is 1. The highest BCUT2D eigenvalue weighted by Gasteiger charge is 2.35. The van der Waals surface area contributed by atoms with Crippen molar-refractivity contribution < 1.29 is 9.53 Å². The van der Waals surface area contributed by atoms with E-state index in [0.29, 0.717) is 17.2 Å². The SMILES string of the molecule is CCN1c2ccc(/C=N\NC(=O)c3ccc(C)cc3OC)cc2C(C)CC1(C)C. The van der Waals surface area contributed by atoms with Gasteiger partial charge in [0.25, 0.3) is 5.91 Å². The van der Waals surface area contributed by atoms with Crippen LogP contribution in [0.2, 0.25) is 0 Å². The molecule has 5 nitrogen and oxygen atoms in total. The topological polar surface area (TPSA) is 53.9 Å². The van der Waals surface area contributed by atoms with E-state index in [9.17, 15) is 4.79 Å². The van der Waals surface area contributed by atoms with Gasteiger partial charge in [-0.2, -0.15) is 5.10 Å². The monoisotopic (exact) mass is 393 g/mol. The lowest BCUT2D eigenvalue weighted by molar-refractivity contribution is 0.0952. The van der Waals surface area contributed by atoms with E-state index in [2.05, 4.69) is 61.3 Å². The van der Waals surface area contributed by atoms with Crippen LogP contribution in [0.3, 0.4) is 0 Å². The zero-order chi connectivity index (χ0) is 21.2. The average molecular weight is 394 g/mol. The minimum Gasteiger partial charge on any atom is -0.496 e. The number of fused-ring (bicyclic) bond motifs is 1. The number of hydrogen-bond donors (Lipinski definition) is 1. The highest BCUT2D eigenvalue weighted by atomic mass is 16.5. The van der Waals surface area contributed by atoms with Gasteiger partial charge in [-0.3, -0.25) is 4.79 Å². The minimum absolute atomic E-state index is 0.151. The first-order valence-corrected chi connectivity index (χ1v) is 10.2. The van der Waals surface area contributed by atoms with Crippen molar-refractivity contribution in [1.82, 2.24) is 5.43 Å². The fourth-order valence-corrected chi connectivity index (χ4v) is 4.40. The molecule has 3 rings (SSSR count). The van der Waals surface area contributed by atoms with Gasteiger partial charge in [0.05, 0.1) is 18.9 Å². The molecule has 0 bridgehead atoms. The van der Waals surface area contributed by atoms with E-state index in [4.69, 9.17) is 4.74 Å². The molecule has 154 valence electrons. The number of hydrogen-bond acceptors (Lipinski definition) is 4. The molecule has 0 radical (unpaired) electrons. The number of nitrogens with one attached hydrogen (secondary N) is 1. The average Bonchev–Trinajstić information content (AvgIpc) is 2.67. The Labute approximate surface area is 173 Å². The molecule has 0 spiro atoms. The zero-order valence-electron chi connectivity index (χ0n) is 18.2. The molecule has 2 aromatic carbocycles. The molecule has 1 unspecified atom stereocenters. The van der Waals surface area contributed by atoms with Crippen LogP contribution >= 0.6 is 0 Å². The molecule has 0 aromatic heterocycles. The van der Waals surface area contributed by atoms with E-state index in [-0.39, 0.29) is 11.4 Å². The molecule has 0 saturated heterocycles. The van der Waals surface area contributed by atoms with Crippen LogP contribution in [0.1, 0.15) is 67.1 Å². The summed E-state index contributed by atoms with van der Waals surface area (Å²) in [5.41, 5.74) is 7.86. The first kappa shape index (κ1) is 20.9. The Morgan fingerprint density at radius 3 is 2.76 bits per heavy atom. The predicted molar refractivity (Wildman–Crippen MR) is 119 cm³/mol. The molecular weight excluding hydrogens is 362 g/mol. The Morgan fingerprint density at radius 2 is 2.07 bits per heavy atom. The van der Waals surface area contributed by atoms with Crippen molar-refractivity contribution in [3.63, 3.8) is 0 Å². The van der Waals surface area contributed by atoms with Crippen LogP contribution in [0.5, 0.6) is 5.75 Å². The molecule has 2 aromatic rings. The maximum Gasteiger partial charge on any atom is 0.275 e. The standard InChI is InChI=1S/C24H31N3O2/c1-7-27-21-11-9-18(13-20(21)17(3)14-24(27,4)5)15-25-26-23(28)19-10-8-16(2)12-22(19)29-6/h8-13,15,17H,7,14H2,1-6H3,(H,26,28)/b25-15-. The second-order valence-electron chi connectivity index (χ2n) is 8.38. The van der Waals surface area contributed by atoms with Gasteiger partial charge in [-0.05, 0) is 81.0 Å². The summed E-state index contributed by atoms with van der Waals surface area (Å²) in [6, 6.07) is 11.9. The molecule has 1 aliphatic heterocycles. The Balaban J connectivity index is 1.77. The molecule has 1 heterocycles. The van der Waals surface area contributed by atoms with Crippen LogP contribution in [-0.2, 0) is 0 Å². The van der Waals surface area contributed by atoms with Crippen molar-refractivity contribution in [2.75, 3.05) is 18.6 Å². The third kappa shape index (κ3) is 4.29. The summed E-state index contributed by atoms with van der Waals surface area (Å²) in [5, 5.41) is 4.16. The van der Waals surface area contributed by atoms with Gasteiger partial charge in [-0.15, -0.1) is 0 Å². The lowest BCUT2D eigenvalue weighted by atomic mass is 9.79. The predicted octanol–water partition coefficient (Wildman–Crippen LogP) is 4.88. The number of methoxy groups -OCH3 is 1.